The lowest BCUT2D eigenvalue weighted by Gasteiger charge is -2.23. The van der Waals surface area contributed by atoms with Crippen LogP contribution in [0.15, 0.2) is 35.6 Å². The molecule has 1 aromatic heterocycles. The molecule has 2 aromatic rings. The summed E-state index contributed by atoms with van der Waals surface area (Å²) in [5, 5.41) is 12.3. The summed E-state index contributed by atoms with van der Waals surface area (Å²) in [5.41, 5.74) is 1.09. The predicted octanol–water partition coefficient (Wildman–Crippen LogP) is 3.23. The fraction of sp³-hybridized carbons (Fsp3) is 0.526. The van der Waals surface area contributed by atoms with Gasteiger partial charge in [0, 0.05) is 44.7 Å². The van der Waals surface area contributed by atoms with Crippen molar-refractivity contribution in [2.75, 3.05) is 20.1 Å². The third-order valence-corrected chi connectivity index (χ3v) is 4.35. The Hall–Kier alpha value is -2.08. The number of hydrogen-bond acceptors (Lipinski definition) is 3. The molecule has 142 valence electrons. The predicted molar refractivity (Wildman–Crippen MR) is 107 cm³/mol. The van der Waals surface area contributed by atoms with Crippen molar-refractivity contribution in [3.05, 3.63) is 47.0 Å². The van der Waals surface area contributed by atoms with Crippen molar-refractivity contribution in [3.8, 4) is 0 Å². The highest BCUT2D eigenvalue weighted by atomic mass is 35.5. The molecule has 1 aromatic carbocycles. The van der Waals surface area contributed by atoms with Gasteiger partial charge in [-0.1, -0.05) is 50.6 Å². The van der Waals surface area contributed by atoms with Crippen LogP contribution < -0.4 is 5.32 Å². The van der Waals surface area contributed by atoms with Crippen molar-refractivity contribution < 1.29 is 0 Å². The normalized spacial score (nSPS) is 11.8. The smallest absolute Gasteiger partial charge is 0.194 e. The maximum absolute atomic E-state index is 6.30. The first-order chi connectivity index (χ1) is 12.5. The number of nitrogens with zero attached hydrogens (tertiary/aromatic N) is 5. The maximum atomic E-state index is 6.30. The largest absolute Gasteiger partial charge is 0.354 e. The molecule has 0 atom stereocenters. The number of halogens is 1. The highest BCUT2D eigenvalue weighted by molar-refractivity contribution is 6.31. The summed E-state index contributed by atoms with van der Waals surface area (Å²) in [6.45, 7) is 9.46. The molecule has 0 aliphatic heterocycles. The van der Waals surface area contributed by atoms with E-state index in [1.807, 2.05) is 31.3 Å². The average molecular weight is 377 g/mol. The Balaban J connectivity index is 2.00. The Morgan fingerprint density at radius 3 is 2.81 bits per heavy atom. The molecule has 0 fully saturated rings. The van der Waals surface area contributed by atoms with Crippen LogP contribution in [0.4, 0.5) is 0 Å². The topological polar surface area (TPSA) is 58.3 Å². The lowest BCUT2D eigenvalue weighted by Crippen LogP contribution is -2.40. The summed E-state index contributed by atoms with van der Waals surface area (Å²) >= 11 is 6.30. The van der Waals surface area contributed by atoms with Crippen LogP contribution in [0.1, 0.15) is 32.2 Å². The molecule has 0 aliphatic carbocycles. The van der Waals surface area contributed by atoms with Crippen LogP contribution in [-0.4, -0.2) is 45.8 Å². The van der Waals surface area contributed by atoms with Gasteiger partial charge < -0.3 is 14.8 Å². The van der Waals surface area contributed by atoms with E-state index in [1.165, 1.54) is 0 Å². The zero-order valence-electron chi connectivity index (χ0n) is 16.1. The monoisotopic (exact) mass is 376 g/mol. The number of guanidine groups is 1. The van der Waals surface area contributed by atoms with Gasteiger partial charge in [0.15, 0.2) is 5.96 Å². The zero-order valence-corrected chi connectivity index (χ0v) is 16.9. The summed E-state index contributed by atoms with van der Waals surface area (Å²) in [4.78, 5) is 6.87. The fourth-order valence-corrected chi connectivity index (χ4v) is 2.76. The van der Waals surface area contributed by atoms with Crippen molar-refractivity contribution in [1.82, 2.24) is 25.0 Å². The molecule has 0 unspecified atom stereocenters. The van der Waals surface area contributed by atoms with E-state index in [-0.39, 0.29) is 0 Å². The van der Waals surface area contributed by atoms with Gasteiger partial charge >= 0.3 is 0 Å². The van der Waals surface area contributed by atoms with E-state index >= 15 is 0 Å². The van der Waals surface area contributed by atoms with E-state index in [4.69, 9.17) is 16.6 Å². The van der Waals surface area contributed by atoms with Gasteiger partial charge in [-0.15, -0.1) is 10.2 Å². The Morgan fingerprint density at radius 1 is 1.35 bits per heavy atom. The molecule has 7 heteroatoms. The lowest BCUT2D eigenvalue weighted by molar-refractivity contribution is 0.467. The van der Waals surface area contributed by atoms with Crippen molar-refractivity contribution in [3.63, 3.8) is 0 Å². The van der Waals surface area contributed by atoms with E-state index in [9.17, 15) is 0 Å². The molecule has 0 saturated heterocycles. The van der Waals surface area contributed by atoms with Crippen LogP contribution in [0.5, 0.6) is 0 Å². The minimum atomic E-state index is 0.505. The summed E-state index contributed by atoms with van der Waals surface area (Å²) < 4.78 is 2.07. The highest BCUT2D eigenvalue weighted by Gasteiger charge is 2.10. The number of nitrogens with one attached hydrogen (secondary N) is 1. The summed E-state index contributed by atoms with van der Waals surface area (Å²) in [6.07, 6.45) is 2.65. The second-order valence-corrected chi connectivity index (χ2v) is 7.13. The van der Waals surface area contributed by atoms with Crippen molar-refractivity contribution >= 4 is 17.6 Å². The van der Waals surface area contributed by atoms with Gasteiger partial charge in [-0.25, -0.2) is 0 Å². The summed E-state index contributed by atoms with van der Waals surface area (Å²) in [6, 6.07) is 7.92. The minimum Gasteiger partial charge on any atom is -0.354 e. The Bertz CT molecular complexity index is 710. The Kier molecular flexibility index (Phi) is 7.91. The first-order valence-corrected chi connectivity index (χ1v) is 9.48. The van der Waals surface area contributed by atoms with Gasteiger partial charge in [0.25, 0.3) is 0 Å². The molecule has 1 N–H and O–H groups in total. The summed E-state index contributed by atoms with van der Waals surface area (Å²) in [5.74, 6) is 2.38. The number of aromatic nitrogens is 3. The number of aryl methyl sites for hydroxylation is 1. The maximum Gasteiger partial charge on any atom is 0.194 e. The standard InChI is InChI=1S/C19H29ClN6/c1-5-18-24-23-14-26(18)11-10-21-19(22-12-15(2)3)25(4)13-16-8-6-7-9-17(16)20/h6-9,14-15H,5,10-13H2,1-4H3,(H,21,22). The van der Waals surface area contributed by atoms with Gasteiger partial charge in [-0.05, 0) is 17.5 Å². The van der Waals surface area contributed by atoms with Gasteiger partial charge in [-0.2, -0.15) is 0 Å². The van der Waals surface area contributed by atoms with E-state index < -0.39 is 0 Å². The number of benzene rings is 1. The molecule has 0 saturated carbocycles. The minimum absolute atomic E-state index is 0.505. The Labute approximate surface area is 161 Å². The first kappa shape index (κ1) is 20.2. The molecule has 2 rings (SSSR count). The fourth-order valence-electron chi connectivity index (χ4n) is 2.57. The van der Waals surface area contributed by atoms with Gasteiger partial charge in [0.05, 0.1) is 0 Å². The molecular weight excluding hydrogens is 348 g/mol. The molecule has 0 aliphatic rings. The zero-order chi connectivity index (χ0) is 18.9. The number of aliphatic imine (C=N–C) groups is 1. The quantitative estimate of drug-likeness (QED) is 0.567. The van der Waals surface area contributed by atoms with Gasteiger partial charge in [0.2, 0.25) is 0 Å². The molecular formula is C19H29ClN6. The highest BCUT2D eigenvalue weighted by Crippen LogP contribution is 2.16. The Morgan fingerprint density at radius 2 is 2.12 bits per heavy atom. The summed E-state index contributed by atoms with van der Waals surface area (Å²) in [7, 11) is 2.03. The molecule has 26 heavy (non-hydrogen) atoms. The lowest BCUT2D eigenvalue weighted by atomic mass is 10.2. The van der Waals surface area contributed by atoms with Crippen LogP contribution >= 0.6 is 11.6 Å². The van der Waals surface area contributed by atoms with Crippen molar-refractivity contribution in [2.45, 2.75) is 40.3 Å². The molecule has 1 heterocycles. The molecule has 6 nitrogen and oxygen atoms in total. The second-order valence-electron chi connectivity index (χ2n) is 6.73. The number of rotatable bonds is 8. The van der Waals surface area contributed by atoms with E-state index in [0.29, 0.717) is 12.5 Å². The molecule has 0 spiro atoms. The van der Waals surface area contributed by atoms with Crippen LogP contribution in [-0.2, 0) is 19.5 Å². The molecule has 0 bridgehead atoms. The third kappa shape index (κ3) is 6.02. The molecule has 0 amide bonds. The first-order valence-electron chi connectivity index (χ1n) is 9.10. The van der Waals surface area contributed by atoms with Crippen LogP contribution in [0.25, 0.3) is 0 Å². The number of hydrogen-bond donors (Lipinski definition) is 1. The van der Waals surface area contributed by atoms with Crippen LogP contribution in [0.2, 0.25) is 5.02 Å². The van der Waals surface area contributed by atoms with E-state index in [0.717, 1.165) is 48.4 Å². The second kappa shape index (κ2) is 10.2. The molecule has 0 radical (unpaired) electrons. The average Bonchev–Trinajstić information content (AvgIpc) is 3.07. The van der Waals surface area contributed by atoms with Gasteiger partial charge in [0.1, 0.15) is 12.2 Å². The van der Waals surface area contributed by atoms with Crippen molar-refractivity contribution in [2.24, 2.45) is 10.9 Å². The van der Waals surface area contributed by atoms with Crippen molar-refractivity contribution in [1.29, 1.82) is 0 Å². The van der Waals surface area contributed by atoms with Gasteiger partial charge in [-0.3, -0.25) is 4.99 Å². The van der Waals surface area contributed by atoms with Crippen LogP contribution in [0.3, 0.4) is 0 Å². The van der Waals surface area contributed by atoms with E-state index in [2.05, 4.69) is 45.8 Å². The van der Waals surface area contributed by atoms with Crippen LogP contribution in [0, 0.1) is 5.92 Å². The SMILES string of the molecule is CCc1nncn1CCNC(=NCC(C)C)N(C)Cc1ccccc1Cl. The third-order valence-electron chi connectivity index (χ3n) is 3.98. The van der Waals surface area contributed by atoms with E-state index in [1.54, 1.807) is 6.33 Å².